The van der Waals surface area contributed by atoms with Gasteiger partial charge in [-0.25, -0.2) is 4.79 Å². The highest BCUT2D eigenvalue weighted by atomic mass is 16.2. The standard InChI is InChI=1S/C13H20N4O2/c1-3-11(14)12(18)16-8(2)9-4-6-10(7-5-9)17-13(15)19/h4-8,11H,3,14H2,1-2H3,(H,16,18)(H3,15,17,19)/t8?,11-/m1/s1. The molecular weight excluding hydrogens is 244 g/mol. The number of hydrogen-bond donors (Lipinski definition) is 4. The molecule has 2 atom stereocenters. The molecule has 0 radical (unpaired) electrons. The van der Waals surface area contributed by atoms with Gasteiger partial charge in [0, 0.05) is 5.69 Å². The van der Waals surface area contributed by atoms with Crippen LogP contribution in [0.25, 0.3) is 0 Å². The molecule has 0 bridgehead atoms. The number of hydrogen-bond acceptors (Lipinski definition) is 3. The SMILES string of the molecule is CC[C@@H](N)C(=O)NC(C)c1ccc(NC(N)=O)cc1. The Bertz CT molecular complexity index is 444. The Hall–Kier alpha value is -2.08. The van der Waals surface area contributed by atoms with Crippen molar-refractivity contribution in [2.75, 3.05) is 5.32 Å². The fourth-order valence-corrected chi connectivity index (χ4v) is 1.59. The van der Waals surface area contributed by atoms with E-state index < -0.39 is 12.1 Å². The van der Waals surface area contributed by atoms with Crippen LogP contribution in [0.2, 0.25) is 0 Å². The lowest BCUT2D eigenvalue weighted by atomic mass is 10.1. The maximum Gasteiger partial charge on any atom is 0.316 e. The normalized spacial score (nSPS) is 13.4. The molecule has 6 heteroatoms. The fraction of sp³-hybridized carbons (Fsp3) is 0.385. The average molecular weight is 264 g/mol. The van der Waals surface area contributed by atoms with Gasteiger partial charge in [0.25, 0.3) is 0 Å². The van der Waals surface area contributed by atoms with Gasteiger partial charge in [-0.2, -0.15) is 0 Å². The van der Waals surface area contributed by atoms with Crippen LogP contribution in [0.15, 0.2) is 24.3 Å². The van der Waals surface area contributed by atoms with Crippen LogP contribution in [0.5, 0.6) is 0 Å². The van der Waals surface area contributed by atoms with Crippen molar-refractivity contribution in [3.8, 4) is 0 Å². The molecule has 1 aromatic carbocycles. The van der Waals surface area contributed by atoms with E-state index in [-0.39, 0.29) is 11.9 Å². The van der Waals surface area contributed by atoms with Gasteiger partial charge in [0.2, 0.25) is 5.91 Å². The van der Waals surface area contributed by atoms with Crippen molar-refractivity contribution in [1.29, 1.82) is 0 Å². The van der Waals surface area contributed by atoms with E-state index in [0.717, 1.165) is 5.56 Å². The highest BCUT2D eigenvalue weighted by molar-refractivity contribution is 5.87. The van der Waals surface area contributed by atoms with Gasteiger partial charge >= 0.3 is 6.03 Å². The first kappa shape index (κ1) is 15.0. The van der Waals surface area contributed by atoms with Crippen molar-refractivity contribution >= 4 is 17.6 Å². The molecule has 6 N–H and O–H groups in total. The number of urea groups is 1. The summed E-state index contributed by atoms with van der Waals surface area (Å²) in [5.74, 6) is -0.172. The van der Waals surface area contributed by atoms with Gasteiger partial charge in [-0.3, -0.25) is 4.79 Å². The van der Waals surface area contributed by atoms with Gasteiger partial charge in [0.15, 0.2) is 0 Å². The van der Waals surface area contributed by atoms with Crippen LogP contribution in [0.1, 0.15) is 31.9 Å². The third-order valence-electron chi connectivity index (χ3n) is 2.81. The Morgan fingerprint density at radius 1 is 1.26 bits per heavy atom. The molecule has 6 nitrogen and oxygen atoms in total. The number of primary amides is 1. The van der Waals surface area contributed by atoms with Crippen LogP contribution in [-0.2, 0) is 4.79 Å². The minimum absolute atomic E-state index is 0.146. The van der Waals surface area contributed by atoms with E-state index in [2.05, 4.69) is 10.6 Å². The second kappa shape index (κ2) is 6.75. The molecule has 0 saturated carbocycles. The quantitative estimate of drug-likeness (QED) is 0.639. The molecule has 0 aromatic heterocycles. The molecule has 19 heavy (non-hydrogen) atoms. The third-order valence-corrected chi connectivity index (χ3v) is 2.81. The van der Waals surface area contributed by atoms with Crippen LogP contribution in [0.4, 0.5) is 10.5 Å². The summed E-state index contributed by atoms with van der Waals surface area (Å²) >= 11 is 0. The molecule has 0 aliphatic carbocycles. The molecule has 1 unspecified atom stereocenters. The summed E-state index contributed by atoms with van der Waals surface area (Å²) < 4.78 is 0. The van der Waals surface area contributed by atoms with Crippen molar-refractivity contribution in [2.24, 2.45) is 11.5 Å². The Balaban J connectivity index is 2.65. The minimum Gasteiger partial charge on any atom is -0.351 e. The molecule has 0 fully saturated rings. The average Bonchev–Trinajstić information content (AvgIpc) is 2.37. The van der Waals surface area contributed by atoms with Crippen LogP contribution in [-0.4, -0.2) is 18.0 Å². The van der Waals surface area contributed by atoms with Gasteiger partial charge in [0.1, 0.15) is 0 Å². The Morgan fingerprint density at radius 3 is 2.32 bits per heavy atom. The zero-order chi connectivity index (χ0) is 14.4. The number of anilines is 1. The first-order chi connectivity index (χ1) is 8.93. The summed E-state index contributed by atoms with van der Waals surface area (Å²) in [7, 11) is 0. The second-order valence-corrected chi connectivity index (χ2v) is 4.36. The van der Waals surface area contributed by atoms with Crippen molar-refractivity contribution in [3.63, 3.8) is 0 Å². The zero-order valence-electron chi connectivity index (χ0n) is 11.1. The van der Waals surface area contributed by atoms with Crippen molar-refractivity contribution in [2.45, 2.75) is 32.4 Å². The monoisotopic (exact) mass is 264 g/mol. The number of nitrogens with two attached hydrogens (primary N) is 2. The van der Waals surface area contributed by atoms with Crippen LogP contribution in [0.3, 0.4) is 0 Å². The van der Waals surface area contributed by atoms with Crippen LogP contribution >= 0.6 is 0 Å². The number of carbonyl (C=O) groups is 2. The number of amides is 3. The molecular formula is C13H20N4O2. The van der Waals surface area contributed by atoms with E-state index in [0.29, 0.717) is 12.1 Å². The van der Waals surface area contributed by atoms with Crippen molar-refractivity contribution < 1.29 is 9.59 Å². The van der Waals surface area contributed by atoms with E-state index in [1.54, 1.807) is 12.1 Å². The van der Waals surface area contributed by atoms with E-state index in [4.69, 9.17) is 11.5 Å². The van der Waals surface area contributed by atoms with Crippen LogP contribution in [0, 0.1) is 0 Å². The van der Waals surface area contributed by atoms with E-state index in [9.17, 15) is 9.59 Å². The summed E-state index contributed by atoms with van der Waals surface area (Å²) in [4.78, 5) is 22.3. The molecule has 0 aliphatic rings. The lowest BCUT2D eigenvalue weighted by Crippen LogP contribution is -2.41. The van der Waals surface area contributed by atoms with Crippen LogP contribution < -0.4 is 22.1 Å². The predicted octanol–water partition coefficient (Wildman–Crippen LogP) is 1.09. The molecule has 1 rings (SSSR count). The van der Waals surface area contributed by atoms with E-state index in [1.807, 2.05) is 26.0 Å². The van der Waals surface area contributed by atoms with Gasteiger partial charge in [-0.05, 0) is 31.0 Å². The maximum absolute atomic E-state index is 11.7. The van der Waals surface area contributed by atoms with Crippen molar-refractivity contribution in [1.82, 2.24) is 5.32 Å². The first-order valence-corrected chi connectivity index (χ1v) is 6.16. The molecule has 1 aromatic rings. The molecule has 0 saturated heterocycles. The third kappa shape index (κ3) is 4.59. The number of carbonyl (C=O) groups excluding carboxylic acids is 2. The zero-order valence-corrected chi connectivity index (χ0v) is 11.1. The first-order valence-electron chi connectivity index (χ1n) is 6.16. The fourth-order valence-electron chi connectivity index (χ4n) is 1.59. The lowest BCUT2D eigenvalue weighted by Gasteiger charge is -2.17. The summed E-state index contributed by atoms with van der Waals surface area (Å²) in [5, 5.41) is 5.30. The predicted molar refractivity (Wildman–Crippen MR) is 74.5 cm³/mol. The highest BCUT2D eigenvalue weighted by Gasteiger charge is 2.14. The molecule has 0 spiro atoms. The van der Waals surface area contributed by atoms with Gasteiger partial charge in [0.05, 0.1) is 12.1 Å². The Morgan fingerprint density at radius 2 is 1.84 bits per heavy atom. The van der Waals surface area contributed by atoms with Gasteiger partial charge < -0.3 is 22.1 Å². The molecule has 0 heterocycles. The van der Waals surface area contributed by atoms with Gasteiger partial charge in [-0.15, -0.1) is 0 Å². The van der Waals surface area contributed by atoms with Crippen molar-refractivity contribution in [3.05, 3.63) is 29.8 Å². The lowest BCUT2D eigenvalue weighted by molar-refractivity contribution is -0.123. The number of benzene rings is 1. The summed E-state index contributed by atoms with van der Waals surface area (Å²) in [6.45, 7) is 3.73. The highest BCUT2D eigenvalue weighted by Crippen LogP contribution is 2.16. The summed E-state index contributed by atoms with van der Waals surface area (Å²) in [6.07, 6.45) is 0.597. The second-order valence-electron chi connectivity index (χ2n) is 4.36. The maximum atomic E-state index is 11.7. The van der Waals surface area contributed by atoms with E-state index >= 15 is 0 Å². The number of rotatable bonds is 5. The summed E-state index contributed by atoms with van der Waals surface area (Å²) in [6, 6.07) is 5.83. The minimum atomic E-state index is -0.608. The smallest absolute Gasteiger partial charge is 0.316 e. The molecule has 3 amide bonds. The van der Waals surface area contributed by atoms with Gasteiger partial charge in [-0.1, -0.05) is 19.1 Å². The molecule has 104 valence electrons. The van der Waals surface area contributed by atoms with E-state index in [1.165, 1.54) is 0 Å². The summed E-state index contributed by atoms with van der Waals surface area (Å²) in [5.41, 5.74) is 12.2. The Kier molecular flexibility index (Phi) is 5.32. The Labute approximate surface area is 112 Å². The molecule has 0 aliphatic heterocycles. The largest absolute Gasteiger partial charge is 0.351 e. The topological polar surface area (TPSA) is 110 Å². The number of nitrogens with one attached hydrogen (secondary N) is 2.